The van der Waals surface area contributed by atoms with Crippen molar-refractivity contribution in [1.29, 1.82) is 0 Å². The van der Waals surface area contributed by atoms with Crippen molar-refractivity contribution in [2.45, 2.75) is 45.1 Å². The van der Waals surface area contributed by atoms with E-state index >= 15 is 0 Å². The molecule has 4 heterocycles. The van der Waals surface area contributed by atoms with E-state index in [0.717, 1.165) is 12.8 Å². The summed E-state index contributed by atoms with van der Waals surface area (Å²) in [7, 11) is 0. The number of carbonyl (C=O) groups excluding carboxylic acids is 1. The molecule has 1 N–H and O–H groups in total. The number of aromatic nitrogens is 5. The quantitative estimate of drug-likeness (QED) is 0.639. The van der Waals surface area contributed by atoms with Crippen molar-refractivity contribution in [3.05, 3.63) is 54.5 Å². The predicted octanol–water partition coefficient (Wildman–Crippen LogP) is 4.12. The average Bonchev–Trinajstić information content (AvgIpc) is 2.79. The normalized spacial score (nSPS) is 18.6. The van der Waals surface area contributed by atoms with Gasteiger partial charge in [0.1, 0.15) is 23.0 Å². The zero-order chi connectivity index (χ0) is 22.7. The number of halogens is 2. The first kappa shape index (κ1) is 21.7. The highest BCUT2D eigenvalue weighted by molar-refractivity contribution is 5.73. The Kier molecular flexibility index (Phi) is 6.29. The second-order valence-electron chi connectivity index (χ2n) is 7.78. The Bertz CT molecular complexity index is 1100. The Balaban J connectivity index is 1.70. The third-order valence-corrected chi connectivity index (χ3v) is 5.50. The van der Waals surface area contributed by atoms with E-state index < -0.39 is 6.43 Å². The van der Waals surface area contributed by atoms with Crippen molar-refractivity contribution in [3.8, 4) is 11.4 Å². The SMILES string of the molecule is CC(=O)N1C[C@H](c2nc(Nc3ccnc(C(F)F)c3)cc(-c3cnccn3)n2)CC[C@@H]1C. The van der Waals surface area contributed by atoms with Crippen LogP contribution in [0.1, 0.15) is 50.6 Å². The number of amides is 1. The Hall–Kier alpha value is -3.56. The van der Waals surface area contributed by atoms with Gasteiger partial charge in [-0.05, 0) is 31.9 Å². The first-order valence-electron chi connectivity index (χ1n) is 10.3. The lowest BCUT2D eigenvalue weighted by molar-refractivity contribution is -0.132. The van der Waals surface area contributed by atoms with Crippen LogP contribution < -0.4 is 5.32 Å². The van der Waals surface area contributed by atoms with Crippen molar-refractivity contribution >= 4 is 17.4 Å². The fourth-order valence-electron chi connectivity index (χ4n) is 3.82. The first-order chi connectivity index (χ1) is 15.4. The molecule has 32 heavy (non-hydrogen) atoms. The molecule has 2 atom stereocenters. The van der Waals surface area contributed by atoms with Crippen LogP contribution in [0.4, 0.5) is 20.3 Å². The Morgan fingerprint density at radius 1 is 1.12 bits per heavy atom. The molecule has 3 aromatic rings. The van der Waals surface area contributed by atoms with Gasteiger partial charge in [-0.3, -0.25) is 19.7 Å². The van der Waals surface area contributed by atoms with E-state index in [1.807, 2.05) is 11.8 Å². The minimum Gasteiger partial charge on any atom is -0.340 e. The second kappa shape index (κ2) is 9.29. The molecule has 0 unspecified atom stereocenters. The topological polar surface area (TPSA) is 96.8 Å². The first-order valence-corrected chi connectivity index (χ1v) is 10.3. The van der Waals surface area contributed by atoms with Gasteiger partial charge in [-0.25, -0.2) is 18.7 Å². The maximum Gasteiger partial charge on any atom is 0.280 e. The van der Waals surface area contributed by atoms with Gasteiger partial charge in [-0.15, -0.1) is 0 Å². The molecule has 3 aromatic heterocycles. The molecular weight excluding hydrogens is 416 g/mol. The number of piperidine rings is 1. The largest absolute Gasteiger partial charge is 0.340 e. The number of anilines is 2. The molecule has 0 spiro atoms. The smallest absolute Gasteiger partial charge is 0.280 e. The predicted molar refractivity (Wildman–Crippen MR) is 114 cm³/mol. The van der Waals surface area contributed by atoms with Gasteiger partial charge in [-0.2, -0.15) is 0 Å². The zero-order valence-electron chi connectivity index (χ0n) is 17.7. The van der Waals surface area contributed by atoms with Gasteiger partial charge in [0.05, 0.1) is 11.9 Å². The molecule has 10 heteroatoms. The monoisotopic (exact) mass is 439 g/mol. The van der Waals surface area contributed by atoms with Crippen LogP contribution in [0.25, 0.3) is 11.4 Å². The van der Waals surface area contributed by atoms with Gasteiger partial charge in [0.25, 0.3) is 6.43 Å². The summed E-state index contributed by atoms with van der Waals surface area (Å²) in [5.41, 5.74) is 1.24. The summed E-state index contributed by atoms with van der Waals surface area (Å²) in [6, 6.07) is 4.74. The van der Waals surface area contributed by atoms with E-state index in [-0.39, 0.29) is 23.6 Å². The minimum absolute atomic E-state index is 0.0157. The number of rotatable bonds is 5. The summed E-state index contributed by atoms with van der Waals surface area (Å²) < 4.78 is 26.1. The molecule has 0 bridgehead atoms. The Morgan fingerprint density at radius 2 is 1.97 bits per heavy atom. The zero-order valence-corrected chi connectivity index (χ0v) is 17.7. The summed E-state index contributed by atoms with van der Waals surface area (Å²) in [5, 5.41) is 3.08. The highest BCUT2D eigenvalue weighted by Crippen LogP contribution is 2.31. The maximum atomic E-state index is 13.0. The highest BCUT2D eigenvalue weighted by Gasteiger charge is 2.30. The Labute approximate surface area is 184 Å². The summed E-state index contributed by atoms with van der Waals surface area (Å²) in [4.78, 5) is 35.4. The molecule has 0 saturated carbocycles. The lowest BCUT2D eigenvalue weighted by Crippen LogP contribution is -2.44. The lowest BCUT2D eigenvalue weighted by atomic mass is 9.92. The van der Waals surface area contributed by atoms with Gasteiger partial charge < -0.3 is 10.2 Å². The summed E-state index contributed by atoms with van der Waals surface area (Å²) in [5.74, 6) is 0.968. The van der Waals surface area contributed by atoms with Crippen LogP contribution in [-0.4, -0.2) is 48.3 Å². The van der Waals surface area contributed by atoms with Crippen LogP contribution in [0, 0.1) is 0 Å². The van der Waals surface area contributed by atoms with Crippen molar-refractivity contribution in [3.63, 3.8) is 0 Å². The van der Waals surface area contributed by atoms with Gasteiger partial charge in [-0.1, -0.05) is 0 Å². The number of hydrogen-bond donors (Lipinski definition) is 1. The second-order valence-corrected chi connectivity index (χ2v) is 7.78. The van der Waals surface area contributed by atoms with Crippen LogP contribution in [0.5, 0.6) is 0 Å². The van der Waals surface area contributed by atoms with Gasteiger partial charge in [0.2, 0.25) is 5.91 Å². The number of likely N-dealkylation sites (tertiary alicyclic amines) is 1. The fourth-order valence-corrected chi connectivity index (χ4v) is 3.82. The third-order valence-electron chi connectivity index (χ3n) is 5.50. The highest BCUT2D eigenvalue weighted by atomic mass is 19.3. The number of nitrogens with one attached hydrogen (secondary N) is 1. The average molecular weight is 439 g/mol. The van der Waals surface area contributed by atoms with E-state index in [4.69, 9.17) is 4.98 Å². The molecule has 166 valence electrons. The number of nitrogens with zero attached hydrogens (tertiary/aromatic N) is 6. The third kappa shape index (κ3) is 4.84. The molecule has 0 aromatic carbocycles. The summed E-state index contributed by atoms with van der Waals surface area (Å²) >= 11 is 0. The van der Waals surface area contributed by atoms with Crippen molar-refractivity contribution in [1.82, 2.24) is 29.8 Å². The molecule has 1 amide bonds. The molecule has 0 aliphatic carbocycles. The van der Waals surface area contributed by atoms with Crippen molar-refractivity contribution < 1.29 is 13.6 Å². The van der Waals surface area contributed by atoms with E-state index in [2.05, 4.69) is 25.3 Å². The Morgan fingerprint density at radius 3 is 2.69 bits per heavy atom. The number of alkyl halides is 2. The molecular formula is C22H23F2N7O. The summed E-state index contributed by atoms with van der Waals surface area (Å²) in [6.45, 7) is 4.11. The number of hydrogen-bond acceptors (Lipinski definition) is 7. The molecule has 1 aliphatic rings. The van der Waals surface area contributed by atoms with Gasteiger partial charge >= 0.3 is 0 Å². The van der Waals surface area contributed by atoms with E-state index in [0.29, 0.717) is 35.3 Å². The van der Waals surface area contributed by atoms with E-state index in [1.54, 1.807) is 37.6 Å². The van der Waals surface area contributed by atoms with E-state index in [1.165, 1.54) is 12.3 Å². The number of pyridine rings is 1. The molecule has 0 radical (unpaired) electrons. The maximum absolute atomic E-state index is 13.0. The van der Waals surface area contributed by atoms with Crippen LogP contribution in [0.15, 0.2) is 43.0 Å². The molecule has 8 nitrogen and oxygen atoms in total. The molecule has 1 aliphatic heterocycles. The lowest BCUT2D eigenvalue weighted by Gasteiger charge is -2.37. The molecule has 1 fully saturated rings. The van der Waals surface area contributed by atoms with E-state index in [9.17, 15) is 13.6 Å². The van der Waals surface area contributed by atoms with Gasteiger partial charge in [0.15, 0.2) is 0 Å². The summed E-state index contributed by atoms with van der Waals surface area (Å²) in [6.07, 6.45) is 5.06. The van der Waals surface area contributed by atoms with Crippen LogP contribution in [0.3, 0.4) is 0 Å². The van der Waals surface area contributed by atoms with Crippen LogP contribution in [0.2, 0.25) is 0 Å². The van der Waals surface area contributed by atoms with Crippen molar-refractivity contribution in [2.75, 3.05) is 11.9 Å². The standard InChI is InChI=1S/C22H23F2N7O/c1-13-3-4-15(12-31(13)14(2)32)22-29-17(19-11-25-7-8-27-19)10-20(30-22)28-16-5-6-26-18(9-16)21(23)24/h5-11,13,15,21H,3-4,12H2,1-2H3,(H,26,28,29,30)/t13-,15+/m0/s1. The van der Waals surface area contributed by atoms with Crippen molar-refractivity contribution in [2.24, 2.45) is 0 Å². The molecule has 1 saturated heterocycles. The van der Waals surface area contributed by atoms with Gasteiger partial charge in [0, 0.05) is 55.8 Å². The van der Waals surface area contributed by atoms with Crippen LogP contribution in [-0.2, 0) is 4.79 Å². The number of carbonyl (C=O) groups is 1. The minimum atomic E-state index is -2.67. The molecule has 4 rings (SSSR count). The van der Waals surface area contributed by atoms with Crippen LogP contribution >= 0.6 is 0 Å². The fraction of sp³-hybridized carbons (Fsp3) is 0.364.